The van der Waals surface area contributed by atoms with Crippen molar-refractivity contribution in [3.8, 4) is 5.75 Å². The summed E-state index contributed by atoms with van der Waals surface area (Å²) in [6.07, 6.45) is -4.18. The first-order valence-electron chi connectivity index (χ1n) is 6.76. The molecular formula is C14H19F3N2O. The van der Waals surface area contributed by atoms with Gasteiger partial charge in [0.05, 0.1) is 18.2 Å². The highest BCUT2D eigenvalue weighted by molar-refractivity contribution is 5.58. The summed E-state index contributed by atoms with van der Waals surface area (Å²) in [7, 11) is 0. The molecule has 1 aliphatic rings. The lowest BCUT2D eigenvalue weighted by Crippen LogP contribution is -2.38. The maximum absolute atomic E-state index is 13.0. The number of hydrogen-bond donors (Lipinski definition) is 1. The number of ether oxygens (including phenoxy) is 1. The maximum Gasteiger partial charge on any atom is 0.394 e. The van der Waals surface area contributed by atoms with Gasteiger partial charge in [-0.1, -0.05) is 12.1 Å². The first-order chi connectivity index (χ1) is 9.52. The normalized spacial score (nSPS) is 20.6. The van der Waals surface area contributed by atoms with Crippen molar-refractivity contribution in [2.75, 3.05) is 37.7 Å². The third-order valence-electron chi connectivity index (χ3n) is 3.36. The molecule has 112 valence electrons. The van der Waals surface area contributed by atoms with Gasteiger partial charge in [0, 0.05) is 26.2 Å². The molecule has 1 heterocycles. The van der Waals surface area contributed by atoms with Crippen LogP contribution in [-0.2, 0) is 0 Å². The Morgan fingerprint density at radius 3 is 2.80 bits per heavy atom. The van der Waals surface area contributed by atoms with Crippen LogP contribution in [0.15, 0.2) is 24.3 Å². The monoisotopic (exact) mass is 288 g/mol. The molecule has 0 saturated carbocycles. The Balaban J connectivity index is 2.22. The highest BCUT2D eigenvalue weighted by Crippen LogP contribution is 2.33. The molecule has 0 aromatic heterocycles. The van der Waals surface area contributed by atoms with Gasteiger partial charge in [0.1, 0.15) is 5.75 Å². The van der Waals surface area contributed by atoms with Gasteiger partial charge in [-0.2, -0.15) is 13.2 Å². The number of rotatable bonds is 3. The Morgan fingerprint density at radius 1 is 1.35 bits per heavy atom. The molecule has 1 atom stereocenters. The summed E-state index contributed by atoms with van der Waals surface area (Å²) >= 11 is 0. The SMILES string of the molecule is CCOc1ccccc1N1CCNCC(C(F)(F)F)C1. The molecule has 0 bridgehead atoms. The molecule has 3 nitrogen and oxygen atoms in total. The molecule has 1 aromatic rings. The minimum absolute atomic E-state index is 0.0310. The third-order valence-corrected chi connectivity index (χ3v) is 3.36. The van der Waals surface area contributed by atoms with Crippen LogP contribution in [0, 0.1) is 5.92 Å². The van der Waals surface area contributed by atoms with Gasteiger partial charge in [-0.3, -0.25) is 0 Å². The van der Waals surface area contributed by atoms with Gasteiger partial charge in [0.2, 0.25) is 0 Å². The molecule has 1 saturated heterocycles. The molecule has 1 aromatic carbocycles. The quantitative estimate of drug-likeness (QED) is 0.925. The molecular weight excluding hydrogens is 269 g/mol. The maximum atomic E-state index is 13.0. The lowest BCUT2D eigenvalue weighted by atomic mass is 10.1. The van der Waals surface area contributed by atoms with E-state index in [-0.39, 0.29) is 13.1 Å². The van der Waals surface area contributed by atoms with Crippen molar-refractivity contribution in [2.24, 2.45) is 5.92 Å². The van der Waals surface area contributed by atoms with Gasteiger partial charge in [0.15, 0.2) is 0 Å². The zero-order chi connectivity index (χ0) is 14.6. The standard InChI is InChI=1S/C14H19F3N2O/c1-2-20-13-6-4-3-5-12(13)19-8-7-18-9-11(10-19)14(15,16)17/h3-6,11,18H,2,7-10H2,1H3. The van der Waals surface area contributed by atoms with Gasteiger partial charge in [0.25, 0.3) is 0 Å². The molecule has 0 amide bonds. The third kappa shape index (κ3) is 3.56. The smallest absolute Gasteiger partial charge is 0.394 e. The van der Waals surface area contributed by atoms with Crippen LogP contribution in [-0.4, -0.2) is 39.0 Å². The summed E-state index contributed by atoms with van der Waals surface area (Å²) in [6, 6.07) is 7.24. The average molecular weight is 288 g/mol. The van der Waals surface area contributed by atoms with E-state index in [1.165, 1.54) is 0 Å². The van der Waals surface area contributed by atoms with E-state index < -0.39 is 12.1 Å². The predicted octanol–water partition coefficient (Wildman–Crippen LogP) is 2.67. The van der Waals surface area contributed by atoms with Crippen LogP contribution in [0.1, 0.15) is 6.92 Å². The van der Waals surface area contributed by atoms with Crippen LogP contribution >= 0.6 is 0 Å². The second kappa shape index (κ2) is 6.35. The fourth-order valence-electron chi connectivity index (χ4n) is 2.35. The van der Waals surface area contributed by atoms with Crippen molar-refractivity contribution in [1.82, 2.24) is 5.32 Å². The zero-order valence-electron chi connectivity index (χ0n) is 11.4. The van der Waals surface area contributed by atoms with Crippen LogP contribution in [0.25, 0.3) is 0 Å². The van der Waals surface area contributed by atoms with Crippen LogP contribution in [0.5, 0.6) is 5.75 Å². The summed E-state index contributed by atoms with van der Waals surface area (Å²) in [5.41, 5.74) is 0.729. The van der Waals surface area contributed by atoms with Gasteiger partial charge in [-0.05, 0) is 19.1 Å². The fraction of sp³-hybridized carbons (Fsp3) is 0.571. The molecule has 1 unspecified atom stereocenters. The lowest BCUT2D eigenvalue weighted by Gasteiger charge is -2.28. The number of nitrogens with one attached hydrogen (secondary N) is 1. The average Bonchev–Trinajstić information content (AvgIpc) is 2.65. The van der Waals surface area contributed by atoms with Crippen molar-refractivity contribution in [3.63, 3.8) is 0 Å². The topological polar surface area (TPSA) is 24.5 Å². The van der Waals surface area contributed by atoms with Crippen LogP contribution in [0.4, 0.5) is 18.9 Å². The minimum Gasteiger partial charge on any atom is -0.492 e. The van der Waals surface area contributed by atoms with Crippen molar-refractivity contribution < 1.29 is 17.9 Å². The number of halogens is 3. The number of hydrogen-bond acceptors (Lipinski definition) is 3. The Kier molecular flexibility index (Phi) is 4.75. The molecule has 1 N–H and O–H groups in total. The Hall–Kier alpha value is -1.43. The summed E-state index contributed by atoms with van der Waals surface area (Å²) in [4.78, 5) is 1.75. The highest BCUT2D eigenvalue weighted by atomic mass is 19.4. The van der Waals surface area contributed by atoms with E-state index in [1.807, 2.05) is 25.1 Å². The molecule has 1 fully saturated rings. The largest absolute Gasteiger partial charge is 0.492 e. The van der Waals surface area contributed by atoms with E-state index in [1.54, 1.807) is 11.0 Å². The van der Waals surface area contributed by atoms with E-state index in [0.717, 1.165) is 5.69 Å². The second-order valence-electron chi connectivity index (χ2n) is 4.79. The summed E-state index contributed by atoms with van der Waals surface area (Å²) in [5.74, 6) is -0.725. The Labute approximate surface area is 116 Å². The first kappa shape index (κ1) is 15.0. The molecule has 0 spiro atoms. The van der Waals surface area contributed by atoms with E-state index in [9.17, 15) is 13.2 Å². The van der Waals surface area contributed by atoms with Gasteiger partial charge in [-0.15, -0.1) is 0 Å². The second-order valence-corrected chi connectivity index (χ2v) is 4.79. The van der Waals surface area contributed by atoms with Crippen LogP contribution in [0.2, 0.25) is 0 Å². The molecule has 2 rings (SSSR count). The Bertz CT molecular complexity index is 437. The molecule has 6 heteroatoms. The first-order valence-corrected chi connectivity index (χ1v) is 6.76. The van der Waals surface area contributed by atoms with E-state index >= 15 is 0 Å². The lowest BCUT2D eigenvalue weighted by molar-refractivity contribution is -0.169. The fourth-order valence-corrected chi connectivity index (χ4v) is 2.35. The highest BCUT2D eigenvalue weighted by Gasteiger charge is 2.41. The van der Waals surface area contributed by atoms with Crippen LogP contribution < -0.4 is 15.0 Å². The van der Waals surface area contributed by atoms with Crippen molar-refractivity contribution in [3.05, 3.63) is 24.3 Å². The van der Waals surface area contributed by atoms with E-state index in [0.29, 0.717) is 25.4 Å². The van der Waals surface area contributed by atoms with Gasteiger partial charge in [-0.25, -0.2) is 0 Å². The number of benzene rings is 1. The van der Waals surface area contributed by atoms with Crippen molar-refractivity contribution >= 4 is 5.69 Å². The van der Waals surface area contributed by atoms with Gasteiger partial charge >= 0.3 is 6.18 Å². The number of nitrogens with zero attached hydrogens (tertiary/aromatic N) is 1. The number of alkyl halides is 3. The van der Waals surface area contributed by atoms with E-state index in [2.05, 4.69) is 5.32 Å². The predicted molar refractivity (Wildman–Crippen MR) is 72.2 cm³/mol. The molecule has 0 aliphatic carbocycles. The summed E-state index contributed by atoms with van der Waals surface area (Å²) in [6.45, 7) is 3.35. The van der Waals surface area contributed by atoms with Crippen molar-refractivity contribution in [2.45, 2.75) is 13.1 Å². The summed E-state index contributed by atoms with van der Waals surface area (Å²) in [5, 5.41) is 2.85. The van der Waals surface area contributed by atoms with Gasteiger partial charge < -0.3 is 15.0 Å². The molecule has 1 aliphatic heterocycles. The van der Waals surface area contributed by atoms with Crippen LogP contribution in [0.3, 0.4) is 0 Å². The molecule has 0 radical (unpaired) electrons. The zero-order valence-corrected chi connectivity index (χ0v) is 11.4. The molecule has 20 heavy (non-hydrogen) atoms. The summed E-state index contributed by atoms with van der Waals surface area (Å²) < 4.78 is 44.4. The number of anilines is 1. The van der Waals surface area contributed by atoms with E-state index in [4.69, 9.17) is 4.74 Å². The Morgan fingerprint density at radius 2 is 2.10 bits per heavy atom. The minimum atomic E-state index is -4.18. The van der Waals surface area contributed by atoms with Crippen molar-refractivity contribution in [1.29, 1.82) is 0 Å². The number of para-hydroxylation sites is 2.